The average Bonchev–Trinajstić information content (AvgIpc) is 2.89. The molecule has 1 heterocycles. The summed E-state index contributed by atoms with van der Waals surface area (Å²) in [5.74, 6) is -0.829. The van der Waals surface area contributed by atoms with E-state index in [1.54, 1.807) is 24.6 Å². The zero-order valence-corrected chi connectivity index (χ0v) is 12.6. The van der Waals surface area contributed by atoms with Crippen molar-refractivity contribution in [3.05, 3.63) is 35.2 Å². The maximum Gasteiger partial charge on any atom is 0.250 e. The number of Topliss-reactive ketones (excluding diaryl/α,β-unsaturated/α-hetero) is 1. The fourth-order valence-electron chi connectivity index (χ4n) is 1.90. The molecule has 0 fully saturated rings. The number of ketones is 1. The molecule has 1 aromatic carbocycles. The molecule has 1 aromatic heterocycles. The minimum absolute atomic E-state index is 0.0866. The van der Waals surface area contributed by atoms with Gasteiger partial charge in [-0.05, 0) is 25.0 Å². The topological polar surface area (TPSA) is 135 Å². The molecular formula is C14H16N5O2S. The highest BCUT2D eigenvalue weighted by atomic mass is 32.1. The lowest BCUT2D eigenvalue weighted by molar-refractivity contribution is 0.0997. The number of nitrogens with one attached hydrogen (secondary N) is 2. The van der Waals surface area contributed by atoms with Crippen molar-refractivity contribution >= 4 is 39.2 Å². The first-order chi connectivity index (χ1) is 10.5. The van der Waals surface area contributed by atoms with Gasteiger partial charge in [0.1, 0.15) is 0 Å². The van der Waals surface area contributed by atoms with Gasteiger partial charge < -0.3 is 16.8 Å². The van der Waals surface area contributed by atoms with Crippen molar-refractivity contribution in [2.24, 2.45) is 11.5 Å². The van der Waals surface area contributed by atoms with Crippen LogP contribution in [0.15, 0.2) is 18.2 Å². The van der Waals surface area contributed by atoms with E-state index in [0.717, 1.165) is 4.70 Å². The van der Waals surface area contributed by atoms with Gasteiger partial charge in [-0.15, -0.1) is 11.3 Å². The van der Waals surface area contributed by atoms with E-state index in [2.05, 4.69) is 10.3 Å². The molecule has 0 saturated heterocycles. The maximum atomic E-state index is 12.1. The van der Waals surface area contributed by atoms with Crippen molar-refractivity contribution in [2.75, 3.05) is 6.54 Å². The number of carbonyl (C=O) groups excluding carboxylic acids is 2. The molecule has 6 N–H and O–H groups in total. The molecule has 0 saturated carbocycles. The lowest BCUT2D eigenvalue weighted by Gasteiger charge is -2.01. The van der Waals surface area contributed by atoms with Crippen LogP contribution in [-0.4, -0.2) is 29.2 Å². The summed E-state index contributed by atoms with van der Waals surface area (Å²) in [4.78, 5) is 27.7. The number of nitrogens with two attached hydrogens (primary N) is 2. The fourth-order valence-corrected chi connectivity index (χ4v) is 2.83. The second-order valence-electron chi connectivity index (χ2n) is 4.59. The molecule has 0 bridgehead atoms. The van der Waals surface area contributed by atoms with Crippen LogP contribution < -0.4 is 16.8 Å². The number of primary amides is 1. The molecule has 1 amide bonds. The molecule has 2 rings (SSSR count). The molecule has 2 aromatic rings. The molecule has 1 radical (unpaired) electrons. The molecule has 0 spiro atoms. The smallest absolute Gasteiger partial charge is 0.250 e. The number of benzene rings is 1. The Hall–Kier alpha value is -2.48. The number of rotatable bonds is 7. The van der Waals surface area contributed by atoms with E-state index in [0.29, 0.717) is 35.5 Å². The molecule has 0 atom stereocenters. The van der Waals surface area contributed by atoms with Gasteiger partial charge in [0.2, 0.25) is 0 Å². The number of aromatic nitrogens is 1. The summed E-state index contributed by atoms with van der Waals surface area (Å²) in [5, 5.41) is 10.0. The predicted molar refractivity (Wildman–Crippen MR) is 85.9 cm³/mol. The van der Waals surface area contributed by atoms with E-state index in [4.69, 9.17) is 16.9 Å². The Morgan fingerprint density at radius 3 is 2.82 bits per heavy atom. The molecule has 0 aliphatic rings. The number of fused-ring (bicyclic) bond motifs is 1. The Balaban J connectivity index is 2.01. The Labute approximate surface area is 131 Å². The first kappa shape index (κ1) is 15.9. The van der Waals surface area contributed by atoms with Crippen molar-refractivity contribution in [3.63, 3.8) is 0 Å². The number of amides is 1. The highest BCUT2D eigenvalue weighted by molar-refractivity contribution is 7.20. The third-order valence-electron chi connectivity index (χ3n) is 2.92. The predicted octanol–water partition coefficient (Wildman–Crippen LogP) is 1.05. The van der Waals surface area contributed by atoms with Gasteiger partial charge >= 0.3 is 0 Å². The van der Waals surface area contributed by atoms with Crippen LogP contribution in [0.3, 0.4) is 0 Å². The maximum absolute atomic E-state index is 12.1. The molecule has 22 heavy (non-hydrogen) atoms. The average molecular weight is 318 g/mol. The fraction of sp³-hybridized carbons (Fsp3) is 0.214. The molecule has 8 heteroatoms. The van der Waals surface area contributed by atoms with Crippen LogP contribution in [0.2, 0.25) is 0 Å². The number of para-hydroxylation sites is 1. The van der Waals surface area contributed by atoms with Crippen molar-refractivity contribution < 1.29 is 9.59 Å². The minimum Gasteiger partial charge on any atom is -0.370 e. The van der Waals surface area contributed by atoms with E-state index in [-0.39, 0.29) is 11.7 Å². The number of hydrogen-bond donors (Lipinski definition) is 4. The van der Waals surface area contributed by atoms with Gasteiger partial charge in [0.25, 0.3) is 5.91 Å². The monoisotopic (exact) mass is 318 g/mol. The Morgan fingerprint density at radius 2 is 2.14 bits per heavy atom. The summed E-state index contributed by atoms with van der Waals surface area (Å²) in [6, 6.07) is 5.11. The molecule has 0 aliphatic carbocycles. The van der Waals surface area contributed by atoms with Gasteiger partial charge in [0.15, 0.2) is 16.8 Å². The highest BCUT2D eigenvalue weighted by Gasteiger charge is 2.16. The number of thiazole rings is 1. The molecule has 0 aliphatic heterocycles. The summed E-state index contributed by atoms with van der Waals surface area (Å²) in [5.41, 5.74) is 11.2. The third kappa shape index (κ3) is 3.79. The second-order valence-corrected chi connectivity index (χ2v) is 5.62. The van der Waals surface area contributed by atoms with E-state index in [1.165, 1.54) is 11.3 Å². The van der Waals surface area contributed by atoms with E-state index >= 15 is 0 Å². The van der Waals surface area contributed by atoms with Crippen LogP contribution in [0, 0.1) is 11.8 Å². The van der Waals surface area contributed by atoms with E-state index in [1.807, 2.05) is 0 Å². The molecule has 7 nitrogen and oxygen atoms in total. The summed E-state index contributed by atoms with van der Waals surface area (Å²) in [7, 11) is 0. The molecule has 0 unspecified atom stereocenters. The second kappa shape index (κ2) is 6.99. The van der Waals surface area contributed by atoms with E-state index in [9.17, 15) is 9.59 Å². The van der Waals surface area contributed by atoms with Crippen LogP contribution >= 0.6 is 11.3 Å². The van der Waals surface area contributed by atoms with Gasteiger partial charge in [-0.2, -0.15) is 0 Å². The Bertz CT molecular complexity index is 725. The van der Waals surface area contributed by atoms with Crippen LogP contribution in [0.1, 0.15) is 33.0 Å². The third-order valence-corrected chi connectivity index (χ3v) is 3.96. The van der Waals surface area contributed by atoms with Crippen LogP contribution in [-0.2, 0) is 0 Å². The number of unbranched alkanes of at least 4 members (excludes halogenated alkanes) is 1. The largest absolute Gasteiger partial charge is 0.370 e. The first-order valence-corrected chi connectivity index (χ1v) is 7.45. The zero-order valence-electron chi connectivity index (χ0n) is 11.8. The Morgan fingerprint density at radius 1 is 1.36 bits per heavy atom. The van der Waals surface area contributed by atoms with Crippen molar-refractivity contribution in [2.45, 2.75) is 12.8 Å². The van der Waals surface area contributed by atoms with Crippen LogP contribution in [0.25, 0.3) is 10.2 Å². The Kier molecular flexibility index (Phi) is 5.05. The van der Waals surface area contributed by atoms with Crippen molar-refractivity contribution in [3.8, 4) is 0 Å². The number of carbonyl (C=O) groups is 2. The van der Waals surface area contributed by atoms with Gasteiger partial charge in [0, 0.05) is 13.0 Å². The van der Waals surface area contributed by atoms with Crippen molar-refractivity contribution in [1.29, 1.82) is 5.41 Å². The summed E-state index contributed by atoms with van der Waals surface area (Å²) in [6.07, 6.45) is 2.78. The summed E-state index contributed by atoms with van der Waals surface area (Å²) >= 11 is 1.24. The highest BCUT2D eigenvalue weighted by Crippen LogP contribution is 2.25. The summed E-state index contributed by atoms with van der Waals surface area (Å²) in [6.45, 7) is 0.533. The number of guanidine groups is 1. The van der Waals surface area contributed by atoms with Gasteiger partial charge in [0.05, 0.1) is 15.8 Å². The van der Waals surface area contributed by atoms with E-state index < -0.39 is 5.91 Å². The van der Waals surface area contributed by atoms with Crippen molar-refractivity contribution in [1.82, 2.24) is 10.3 Å². The minimum atomic E-state index is -0.561. The first-order valence-electron chi connectivity index (χ1n) is 6.64. The van der Waals surface area contributed by atoms with Crippen LogP contribution in [0.4, 0.5) is 0 Å². The lowest BCUT2D eigenvalue weighted by atomic mass is 10.1. The molecular weight excluding hydrogens is 302 g/mol. The number of nitrogens with zero attached hydrogens (tertiary/aromatic N) is 1. The number of hydrogen-bond acceptors (Lipinski definition) is 5. The quantitative estimate of drug-likeness (QED) is 0.262. The zero-order chi connectivity index (χ0) is 16.1. The van der Waals surface area contributed by atoms with Gasteiger partial charge in [-0.1, -0.05) is 6.07 Å². The lowest BCUT2D eigenvalue weighted by Crippen LogP contribution is -2.30. The molecule has 115 valence electrons. The standard InChI is InChI=1S/C14H16N5O2S/c15-12(21)8-4-3-6-10-11(8)19-13(22-10)9(20)5-1-2-7-18-14(16)17/h3-6H,1-2,7H2,(H2,15,21)(H4,16,17,18). The van der Waals surface area contributed by atoms with Crippen LogP contribution in [0.5, 0.6) is 0 Å². The summed E-state index contributed by atoms with van der Waals surface area (Å²) < 4.78 is 0.756. The SMILES string of the molecule is N=C(N)NCCC[CH]C(=O)c1nc2c(C(N)=O)cccc2s1. The normalized spacial score (nSPS) is 10.5. The van der Waals surface area contributed by atoms with Gasteiger partial charge in [-0.3, -0.25) is 15.0 Å². The van der Waals surface area contributed by atoms with Gasteiger partial charge in [-0.25, -0.2) is 4.98 Å².